The van der Waals surface area contributed by atoms with Crippen LogP contribution in [-0.2, 0) is 12.8 Å². The van der Waals surface area contributed by atoms with E-state index in [-0.39, 0.29) is 0 Å². The van der Waals surface area contributed by atoms with E-state index >= 15 is 0 Å². The number of rotatable bonds is 4. The maximum Gasteiger partial charge on any atom is 0.119 e. The van der Waals surface area contributed by atoms with Crippen LogP contribution in [0.3, 0.4) is 0 Å². The van der Waals surface area contributed by atoms with E-state index in [2.05, 4.69) is 38.1 Å². The zero-order valence-electron chi connectivity index (χ0n) is 12.2. The highest BCUT2D eigenvalue weighted by Crippen LogP contribution is 2.09. The Kier molecular flexibility index (Phi) is 7.41. The molecule has 0 aliphatic rings. The first-order valence-electron chi connectivity index (χ1n) is 7.06. The van der Waals surface area contributed by atoms with E-state index < -0.39 is 0 Å². The Balaban J connectivity index is 0.000000191. The van der Waals surface area contributed by atoms with Gasteiger partial charge in [0.2, 0.25) is 0 Å². The smallest absolute Gasteiger partial charge is 0.119 e. The molecule has 0 aliphatic carbocycles. The average Bonchev–Trinajstić information content (AvgIpc) is 2.49. The molecule has 0 spiro atoms. The molecule has 102 valence electrons. The van der Waals surface area contributed by atoms with Gasteiger partial charge in [-0.1, -0.05) is 56.3 Å². The van der Waals surface area contributed by atoms with Gasteiger partial charge in [0.15, 0.2) is 0 Å². The van der Waals surface area contributed by atoms with Gasteiger partial charge >= 0.3 is 0 Å². The van der Waals surface area contributed by atoms with E-state index in [0.717, 1.165) is 25.2 Å². The Morgan fingerprint density at radius 3 is 1.58 bits per heavy atom. The van der Waals surface area contributed by atoms with Crippen LogP contribution < -0.4 is 4.74 Å². The van der Waals surface area contributed by atoms with Gasteiger partial charge in [0.25, 0.3) is 0 Å². The second kappa shape index (κ2) is 9.21. The summed E-state index contributed by atoms with van der Waals surface area (Å²) in [6.45, 7) is 7.12. The Labute approximate surface area is 117 Å². The molecule has 1 heteroatoms. The molecule has 0 saturated carbocycles. The van der Waals surface area contributed by atoms with Gasteiger partial charge in [-0.05, 0) is 43.0 Å². The van der Waals surface area contributed by atoms with Crippen molar-refractivity contribution in [1.29, 1.82) is 0 Å². The van der Waals surface area contributed by atoms with E-state index in [1.165, 1.54) is 11.1 Å². The summed E-state index contributed by atoms with van der Waals surface area (Å²) in [4.78, 5) is 0. The minimum atomic E-state index is 0.740. The van der Waals surface area contributed by atoms with Crippen LogP contribution in [-0.4, -0.2) is 6.61 Å². The Hall–Kier alpha value is -1.76. The summed E-state index contributed by atoms with van der Waals surface area (Å²) in [7, 11) is 0. The highest BCUT2D eigenvalue weighted by molar-refractivity contribution is 5.26. The molecule has 0 radical (unpaired) electrons. The molecule has 2 aromatic rings. The normalized spacial score (nSPS) is 9.42. The molecular formula is C18H24O. The van der Waals surface area contributed by atoms with Crippen molar-refractivity contribution < 1.29 is 4.74 Å². The lowest BCUT2D eigenvalue weighted by Gasteiger charge is -2.02. The second-order valence-corrected chi connectivity index (χ2v) is 4.22. The minimum absolute atomic E-state index is 0.740. The molecule has 0 unspecified atom stereocenters. The first-order valence-corrected chi connectivity index (χ1v) is 7.06. The fourth-order valence-electron chi connectivity index (χ4n) is 1.93. The summed E-state index contributed by atoms with van der Waals surface area (Å²) in [5.41, 5.74) is 2.98. The average molecular weight is 256 g/mol. The highest BCUT2D eigenvalue weighted by atomic mass is 16.5. The van der Waals surface area contributed by atoms with Crippen molar-refractivity contribution in [3.05, 3.63) is 65.7 Å². The second-order valence-electron chi connectivity index (χ2n) is 4.22. The molecule has 1 nitrogen and oxygen atoms in total. The zero-order chi connectivity index (χ0) is 13.9. The monoisotopic (exact) mass is 256 g/mol. The highest BCUT2D eigenvalue weighted by Gasteiger charge is 1.93. The lowest BCUT2D eigenvalue weighted by molar-refractivity contribution is 0.340. The molecule has 0 aliphatic heterocycles. The molecule has 0 aromatic heterocycles. The number of para-hydroxylation sites is 1. The summed E-state index contributed by atoms with van der Waals surface area (Å²) < 4.78 is 5.21. The summed E-state index contributed by atoms with van der Waals surface area (Å²) in [6, 6.07) is 18.4. The molecule has 0 saturated heterocycles. The molecule has 2 rings (SSSR count). The van der Waals surface area contributed by atoms with Crippen molar-refractivity contribution in [1.82, 2.24) is 0 Å². The lowest BCUT2D eigenvalue weighted by Crippen LogP contribution is -1.89. The predicted molar refractivity (Wildman–Crippen MR) is 82.8 cm³/mol. The molecule has 0 heterocycles. The van der Waals surface area contributed by atoms with Gasteiger partial charge in [-0.25, -0.2) is 0 Å². The molecule has 19 heavy (non-hydrogen) atoms. The Morgan fingerprint density at radius 1 is 0.684 bits per heavy atom. The van der Waals surface area contributed by atoms with Gasteiger partial charge in [0.05, 0.1) is 6.61 Å². The molecule has 2 aromatic carbocycles. The standard InChI is InChI=1S/C10H14.C8H10O/c1-3-9-7-5-6-8-10(9)4-2;1-2-9-8-6-4-3-5-7-8/h5-8H,3-4H2,1-2H3;3-7H,2H2,1H3. The van der Waals surface area contributed by atoms with E-state index in [4.69, 9.17) is 4.74 Å². The van der Waals surface area contributed by atoms with Crippen molar-refractivity contribution in [2.75, 3.05) is 6.61 Å². The van der Waals surface area contributed by atoms with Crippen LogP contribution in [0.4, 0.5) is 0 Å². The predicted octanol–water partition coefficient (Wildman–Crippen LogP) is 4.90. The van der Waals surface area contributed by atoms with Gasteiger partial charge in [0, 0.05) is 0 Å². The number of hydrogen-bond donors (Lipinski definition) is 0. The van der Waals surface area contributed by atoms with Gasteiger partial charge in [-0.3, -0.25) is 0 Å². The van der Waals surface area contributed by atoms with E-state index in [0.29, 0.717) is 0 Å². The van der Waals surface area contributed by atoms with Gasteiger partial charge < -0.3 is 4.74 Å². The van der Waals surface area contributed by atoms with Gasteiger partial charge in [-0.15, -0.1) is 0 Å². The molecule has 0 atom stereocenters. The van der Waals surface area contributed by atoms with Crippen LogP contribution in [0.15, 0.2) is 54.6 Å². The molecule has 0 bridgehead atoms. The topological polar surface area (TPSA) is 9.23 Å². The van der Waals surface area contributed by atoms with Crippen LogP contribution in [0.25, 0.3) is 0 Å². The van der Waals surface area contributed by atoms with Crippen molar-refractivity contribution in [3.8, 4) is 5.75 Å². The Bertz CT molecular complexity index is 425. The molecule has 0 N–H and O–H groups in total. The van der Waals surface area contributed by atoms with Crippen LogP contribution in [0.2, 0.25) is 0 Å². The number of hydrogen-bond acceptors (Lipinski definition) is 1. The molecule has 0 fully saturated rings. The fourth-order valence-corrected chi connectivity index (χ4v) is 1.93. The summed E-state index contributed by atoms with van der Waals surface area (Å²) >= 11 is 0. The maximum atomic E-state index is 5.21. The first-order chi connectivity index (χ1) is 9.31. The van der Waals surface area contributed by atoms with E-state index in [1.54, 1.807) is 0 Å². The van der Waals surface area contributed by atoms with E-state index in [9.17, 15) is 0 Å². The van der Waals surface area contributed by atoms with Crippen LogP contribution in [0.5, 0.6) is 5.75 Å². The van der Waals surface area contributed by atoms with Gasteiger partial charge in [-0.2, -0.15) is 0 Å². The minimum Gasteiger partial charge on any atom is -0.494 e. The molecular weight excluding hydrogens is 232 g/mol. The summed E-state index contributed by atoms with van der Waals surface area (Å²) in [6.07, 6.45) is 2.31. The van der Waals surface area contributed by atoms with Crippen LogP contribution in [0, 0.1) is 0 Å². The lowest BCUT2D eigenvalue weighted by atomic mass is 10.0. The zero-order valence-corrected chi connectivity index (χ0v) is 12.2. The summed E-state index contributed by atoms with van der Waals surface area (Å²) in [5, 5.41) is 0. The van der Waals surface area contributed by atoms with E-state index in [1.807, 2.05) is 37.3 Å². The third-order valence-corrected chi connectivity index (χ3v) is 2.93. The quantitative estimate of drug-likeness (QED) is 0.756. The SMILES string of the molecule is CCOc1ccccc1.CCc1ccccc1CC. The maximum absolute atomic E-state index is 5.21. The number of benzene rings is 2. The van der Waals surface area contributed by atoms with Crippen molar-refractivity contribution in [2.24, 2.45) is 0 Å². The third-order valence-electron chi connectivity index (χ3n) is 2.93. The summed E-state index contributed by atoms with van der Waals surface area (Å²) in [5.74, 6) is 0.944. The fraction of sp³-hybridized carbons (Fsp3) is 0.333. The van der Waals surface area contributed by atoms with Crippen molar-refractivity contribution in [3.63, 3.8) is 0 Å². The van der Waals surface area contributed by atoms with Gasteiger partial charge in [0.1, 0.15) is 5.75 Å². The Morgan fingerprint density at radius 2 is 1.16 bits per heavy atom. The number of ether oxygens (including phenoxy) is 1. The largest absolute Gasteiger partial charge is 0.494 e. The van der Waals surface area contributed by atoms with Crippen LogP contribution >= 0.6 is 0 Å². The first kappa shape index (κ1) is 15.3. The third kappa shape index (κ3) is 5.60. The molecule has 0 amide bonds. The van der Waals surface area contributed by atoms with Crippen molar-refractivity contribution in [2.45, 2.75) is 33.6 Å². The number of aryl methyl sites for hydroxylation is 2. The van der Waals surface area contributed by atoms with Crippen molar-refractivity contribution >= 4 is 0 Å². The van der Waals surface area contributed by atoms with Crippen LogP contribution in [0.1, 0.15) is 31.9 Å².